The van der Waals surface area contributed by atoms with Gasteiger partial charge in [-0.3, -0.25) is 10.1 Å². The molecule has 12 heteroatoms. The van der Waals surface area contributed by atoms with E-state index in [0.717, 1.165) is 11.3 Å². The number of carbonyl (C=O) groups excluding carboxylic acids is 2. The predicted molar refractivity (Wildman–Crippen MR) is 112 cm³/mol. The molecule has 31 heavy (non-hydrogen) atoms. The minimum absolute atomic E-state index is 0.00103. The molecule has 0 saturated carbocycles. The number of H-pyrrole nitrogens is 1. The number of esters is 1. The highest BCUT2D eigenvalue weighted by molar-refractivity contribution is 7.99. The highest BCUT2D eigenvalue weighted by Crippen LogP contribution is 2.44. The molecule has 0 atom stereocenters. The van der Waals surface area contributed by atoms with E-state index in [9.17, 15) is 9.59 Å². The summed E-state index contributed by atoms with van der Waals surface area (Å²) in [6.45, 7) is 0. The molecular weight excluding hydrogens is 445 g/mol. The van der Waals surface area contributed by atoms with Crippen LogP contribution in [0.4, 0.5) is 10.3 Å². The van der Waals surface area contributed by atoms with Gasteiger partial charge in [0, 0.05) is 19.9 Å². The van der Waals surface area contributed by atoms with Crippen molar-refractivity contribution in [2.75, 3.05) is 19.5 Å². The van der Waals surface area contributed by atoms with Gasteiger partial charge in [0.2, 0.25) is 0 Å². The highest BCUT2D eigenvalue weighted by atomic mass is 32.2. The maximum atomic E-state index is 15.1. The summed E-state index contributed by atoms with van der Waals surface area (Å²) >= 11 is 2.32. The number of benzene rings is 2. The summed E-state index contributed by atoms with van der Waals surface area (Å²) in [5.41, 5.74) is 0.380. The minimum Gasteiger partial charge on any atom is -0.494 e. The van der Waals surface area contributed by atoms with E-state index in [-0.39, 0.29) is 22.0 Å². The molecule has 0 fully saturated rings. The van der Waals surface area contributed by atoms with E-state index in [4.69, 9.17) is 9.47 Å². The van der Waals surface area contributed by atoms with E-state index in [1.54, 1.807) is 30.3 Å². The molecule has 0 spiro atoms. The van der Waals surface area contributed by atoms with Gasteiger partial charge in [-0.15, -0.1) is 16.4 Å². The topological polar surface area (TPSA) is 119 Å². The number of aromatic nitrogens is 4. The lowest BCUT2D eigenvalue weighted by molar-refractivity contribution is 0.0600. The normalized spacial score (nSPS) is 10.8. The molecule has 0 bridgehead atoms. The lowest BCUT2D eigenvalue weighted by Crippen LogP contribution is -2.12. The van der Waals surface area contributed by atoms with Crippen LogP contribution in [0.5, 0.6) is 5.75 Å². The molecule has 4 rings (SSSR count). The van der Waals surface area contributed by atoms with Gasteiger partial charge in [-0.1, -0.05) is 16.9 Å². The Labute approximate surface area is 182 Å². The molecule has 4 aromatic rings. The fourth-order valence-corrected chi connectivity index (χ4v) is 5.08. The average Bonchev–Trinajstić information content (AvgIpc) is 3.42. The van der Waals surface area contributed by atoms with E-state index in [0.29, 0.717) is 20.1 Å². The number of methoxy groups -OCH3 is 2. The van der Waals surface area contributed by atoms with Crippen LogP contribution in [0.15, 0.2) is 46.2 Å². The van der Waals surface area contributed by atoms with Crippen molar-refractivity contribution in [3.63, 3.8) is 0 Å². The van der Waals surface area contributed by atoms with Gasteiger partial charge in [0.25, 0.3) is 11.9 Å². The molecular formula is C19H14FN5O4S2. The van der Waals surface area contributed by atoms with Gasteiger partial charge in [-0.2, -0.15) is 5.21 Å². The van der Waals surface area contributed by atoms with E-state index in [1.165, 1.54) is 32.0 Å². The Bertz CT molecular complexity index is 1260. The highest BCUT2D eigenvalue weighted by Gasteiger charge is 2.24. The zero-order chi connectivity index (χ0) is 22.0. The zero-order valence-electron chi connectivity index (χ0n) is 16.1. The molecule has 1 amide bonds. The summed E-state index contributed by atoms with van der Waals surface area (Å²) in [5.74, 6) is -1.47. The molecule has 9 nitrogen and oxygen atoms in total. The predicted octanol–water partition coefficient (Wildman–Crippen LogP) is 3.75. The number of nitrogens with one attached hydrogen (secondary N) is 2. The summed E-state index contributed by atoms with van der Waals surface area (Å²) in [6, 6.07) is 9.78. The Morgan fingerprint density at radius 2 is 1.94 bits per heavy atom. The van der Waals surface area contributed by atoms with Crippen LogP contribution in [0.25, 0.3) is 10.1 Å². The summed E-state index contributed by atoms with van der Waals surface area (Å²) in [6.07, 6.45) is 0. The minimum atomic E-state index is -0.566. The molecule has 2 aromatic heterocycles. The van der Waals surface area contributed by atoms with Crippen molar-refractivity contribution in [1.29, 1.82) is 0 Å². The standard InChI is InChI=1S/C19H14FN5O4S2/c1-28-11-7-8-12-13(14(11)20)15(16(31-12)17(26)21-19-22-24-25-23-19)30-10-5-3-9(4-6-10)18(27)29-2/h3-8H,1-2H3,(H2,21,22,23,24,25,26). The van der Waals surface area contributed by atoms with Gasteiger partial charge in [-0.25, -0.2) is 9.18 Å². The molecule has 0 aliphatic rings. The number of halogens is 1. The van der Waals surface area contributed by atoms with Crippen molar-refractivity contribution in [2.45, 2.75) is 9.79 Å². The van der Waals surface area contributed by atoms with Crippen LogP contribution < -0.4 is 10.1 Å². The third-order valence-corrected chi connectivity index (χ3v) is 6.61. The first-order valence-electron chi connectivity index (χ1n) is 8.71. The first-order valence-corrected chi connectivity index (χ1v) is 10.3. The monoisotopic (exact) mass is 459 g/mol. The lowest BCUT2D eigenvalue weighted by Gasteiger charge is -2.07. The second kappa shape index (κ2) is 8.70. The van der Waals surface area contributed by atoms with E-state index < -0.39 is 17.7 Å². The fraction of sp³-hybridized carbons (Fsp3) is 0.105. The number of tetrazole rings is 1. The number of aromatic amines is 1. The van der Waals surface area contributed by atoms with Crippen LogP contribution in [0.1, 0.15) is 20.0 Å². The van der Waals surface area contributed by atoms with E-state index >= 15 is 4.39 Å². The second-order valence-corrected chi connectivity index (χ2v) is 8.16. The fourth-order valence-electron chi connectivity index (χ4n) is 2.78. The van der Waals surface area contributed by atoms with Crippen molar-refractivity contribution < 1.29 is 23.5 Å². The number of ether oxygens (including phenoxy) is 2. The van der Waals surface area contributed by atoms with Gasteiger partial charge in [0.1, 0.15) is 4.88 Å². The second-order valence-electron chi connectivity index (χ2n) is 6.02. The Balaban J connectivity index is 1.78. The Morgan fingerprint density at radius 1 is 1.16 bits per heavy atom. The lowest BCUT2D eigenvalue weighted by atomic mass is 10.2. The molecule has 0 radical (unpaired) electrons. The number of fused-ring (bicyclic) bond motifs is 1. The molecule has 0 saturated heterocycles. The first-order chi connectivity index (χ1) is 15.0. The number of carbonyl (C=O) groups is 2. The SMILES string of the molecule is COC(=O)c1ccc(Sc2c(C(=O)Nc3nn[nH]n3)sc3ccc(OC)c(F)c23)cc1. The van der Waals surface area contributed by atoms with E-state index in [2.05, 4.69) is 25.9 Å². The number of hydrogen-bond acceptors (Lipinski definition) is 9. The van der Waals surface area contributed by atoms with Crippen LogP contribution in [0.3, 0.4) is 0 Å². The first kappa shape index (κ1) is 20.8. The van der Waals surface area contributed by atoms with Gasteiger partial charge in [-0.05, 0) is 41.6 Å². The van der Waals surface area contributed by atoms with Crippen LogP contribution >= 0.6 is 23.1 Å². The third-order valence-electron chi connectivity index (χ3n) is 4.21. The summed E-state index contributed by atoms with van der Waals surface area (Å²) in [4.78, 5) is 25.9. The van der Waals surface area contributed by atoms with Gasteiger partial charge in [0.15, 0.2) is 11.6 Å². The summed E-state index contributed by atoms with van der Waals surface area (Å²) < 4.78 is 25.5. The number of nitrogens with zero attached hydrogens (tertiary/aromatic N) is 3. The Morgan fingerprint density at radius 3 is 2.58 bits per heavy atom. The van der Waals surface area contributed by atoms with Gasteiger partial charge < -0.3 is 9.47 Å². The molecule has 0 aliphatic heterocycles. The van der Waals surface area contributed by atoms with Crippen molar-refractivity contribution in [1.82, 2.24) is 20.6 Å². The molecule has 0 unspecified atom stereocenters. The molecule has 2 aromatic carbocycles. The number of hydrogen-bond donors (Lipinski definition) is 2. The largest absolute Gasteiger partial charge is 0.494 e. The average molecular weight is 459 g/mol. The van der Waals surface area contributed by atoms with Crippen LogP contribution in [-0.4, -0.2) is 46.7 Å². The van der Waals surface area contributed by atoms with Crippen LogP contribution in [0, 0.1) is 5.82 Å². The Hall–Kier alpha value is -3.51. The van der Waals surface area contributed by atoms with Crippen molar-refractivity contribution >= 4 is 51.0 Å². The van der Waals surface area contributed by atoms with Crippen molar-refractivity contribution in [2.24, 2.45) is 0 Å². The maximum absolute atomic E-state index is 15.1. The molecule has 2 N–H and O–H groups in total. The van der Waals surface area contributed by atoms with Crippen LogP contribution in [0.2, 0.25) is 0 Å². The number of thiophene rings is 1. The van der Waals surface area contributed by atoms with Crippen molar-refractivity contribution in [3.05, 3.63) is 52.7 Å². The maximum Gasteiger partial charge on any atom is 0.337 e. The zero-order valence-corrected chi connectivity index (χ0v) is 17.8. The van der Waals surface area contributed by atoms with Gasteiger partial charge in [0.05, 0.1) is 19.8 Å². The van der Waals surface area contributed by atoms with Gasteiger partial charge >= 0.3 is 5.97 Å². The quantitative estimate of drug-likeness (QED) is 0.419. The van der Waals surface area contributed by atoms with Crippen molar-refractivity contribution in [3.8, 4) is 5.75 Å². The summed E-state index contributed by atoms with van der Waals surface area (Å²) in [7, 11) is 2.67. The van der Waals surface area contributed by atoms with Crippen LogP contribution in [-0.2, 0) is 4.74 Å². The van der Waals surface area contributed by atoms with E-state index in [1.807, 2.05) is 0 Å². The molecule has 2 heterocycles. The number of anilines is 1. The number of rotatable bonds is 6. The smallest absolute Gasteiger partial charge is 0.337 e. The number of amides is 1. The Kier molecular flexibility index (Phi) is 5.82. The molecule has 0 aliphatic carbocycles. The summed E-state index contributed by atoms with van der Waals surface area (Å²) in [5, 5.41) is 15.9. The third kappa shape index (κ3) is 4.07. The molecule has 158 valence electrons.